The number of rotatable bonds is 5. The highest BCUT2D eigenvalue weighted by Crippen LogP contribution is 2.46. The number of carboxylic acids is 1. The molecule has 1 aromatic heterocycles. The van der Waals surface area contributed by atoms with E-state index in [9.17, 15) is 14.7 Å². The first-order valence-corrected chi connectivity index (χ1v) is 9.20. The first-order chi connectivity index (χ1) is 13.0. The van der Waals surface area contributed by atoms with Gasteiger partial charge in [-0.2, -0.15) is 0 Å². The molecule has 0 amide bonds. The van der Waals surface area contributed by atoms with E-state index >= 15 is 0 Å². The highest BCUT2D eigenvalue weighted by molar-refractivity contribution is 5.92. The Morgan fingerprint density at radius 2 is 1.86 bits per heavy atom. The molecule has 2 unspecified atom stereocenters. The van der Waals surface area contributed by atoms with Crippen LogP contribution in [0.2, 0.25) is 0 Å². The van der Waals surface area contributed by atoms with Crippen molar-refractivity contribution < 1.29 is 15.0 Å². The average Bonchev–Trinajstić information content (AvgIpc) is 3.12. The van der Waals surface area contributed by atoms with E-state index in [4.69, 9.17) is 5.11 Å². The van der Waals surface area contributed by atoms with E-state index in [0.29, 0.717) is 23.7 Å². The zero-order valence-corrected chi connectivity index (χ0v) is 16.5. The van der Waals surface area contributed by atoms with Crippen LogP contribution in [0.5, 0.6) is 5.75 Å². The number of anilines is 1. The van der Waals surface area contributed by atoms with Crippen molar-refractivity contribution in [2.75, 3.05) is 25.0 Å². The minimum absolute atomic E-state index is 0. The fraction of sp³-hybridized carbons (Fsp3) is 0.400. The van der Waals surface area contributed by atoms with Crippen LogP contribution in [0.1, 0.15) is 22.8 Å². The zero-order valence-electron chi connectivity index (χ0n) is 15.7. The van der Waals surface area contributed by atoms with Crippen LogP contribution in [0.4, 0.5) is 5.69 Å². The highest BCUT2D eigenvalue weighted by Gasteiger charge is 2.54. The van der Waals surface area contributed by atoms with E-state index in [1.165, 1.54) is 0 Å². The summed E-state index contributed by atoms with van der Waals surface area (Å²) in [6.45, 7) is 3.90. The molecule has 2 heterocycles. The molecule has 150 valence electrons. The van der Waals surface area contributed by atoms with Gasteiger partial charge in [0.05, 0.1) is 5.69 Å². The lowest BCUT2D eigenvalue weighted by Crippen LogP contribution is -2.29. The van der Waals surface area contributed by atoms with Crippen LogP contribution in [-0.2, 0) is 6.42 Å². The number of benzene rings is 1. The summed E-state index contributed by atoms with van der Waals surface area (Å²) in [5.74, 6) is -0.445. The summed E-state index contributed by atoms with van der Waals surface area (Å²) in [5.41, 5.74) is 1.37. The third-order valence-corrected chi connectivity index (χ3v) is 5.91. The number of pyridine rings is 1. The molecule has 1 saturated carbocycles. The Kier molecular flexibility index (Phi) is 5.41. The summed E-state index contributed by atoms with van der Waals surface area (Å²) in [5, 5.41) is 22.8. The largest absolute Gasteiger partial charge is 0.506 e. The third kappa shape index (κ3) is 3.14. The molecule has 28 heavy (non-hydrogen) atoms. The SMILES string of the molecule is CCc1c(-c2ccc(N3CC4C(C3)C4NC)cc2)[nH]c(=O)c(C(=O)O)c1O.Cl. The number of nitrogens with zero attached hydrogens (tertiary/aromatic N) is 1. The van der Waals surface area contributed by atoms with Crippen LogP contribution in [0.25, 0.3) is 11.3 Å². The number of aromatic nitrogens is 1. The Morgan fingerprint density at radius 3 is 2.36 bits per heavy atom. The van der Waals surface area contributed by atoms with Crippen LogP contribution in [-0.4, -0.2) is 47.3 Å². The van der Waals surface area contributed by atoms with Crippen LogP contribution >= 0.6 is 12.4 Å². The quantitative estimate of drug-likeness (QED) is 0.607. The van der Waals surface area contributed by atoms with Crippen molar-refractivity contribution in [2.45, 2.75) is 19.4 Å². The van der Waals surface area contributed by atoms with E-state index in [1.54, 1.807) is 0 Å². The maximum absolute atomic E-state index is 12.1. The monoisotopic (exact) mass is 405 g/mol. The van der Waals surface area contributed by atoms with Crippen LogP contribution in [0.3, 0.4) is 0 Å². The van der Waals surface area contributed by atoms with Crippen LogP contribution < -0.4 is 15.8 Å². The molecule has 1 saturated heterocycles. The van der Waals surface area contributed by atoms with Gasteiger partial charge in [0.1, 0.15) is 5.75 Å². The molecule has 7 nitrogen and oxygen atoms in total. The van der Waals surface area contributed by atoms with Gasteiger partial charge in [-0.3, -0.25) is 4.79 Å². The predicted molar refractivity (Wildman–Crippen MR) is 110 cm³/mol. The van der Waals surface area contributed by atoms with Crippen molar-refractivity contribution in [3.8, 4) is 17.0 Å². The van der Waals surface area contributed by atoms with Gasteiger partial charge in [-0.25, -0.2) is 4.79 Å². The summed E-state index contributed by atoms with van der Waals surface area (Å²) in [7, 11) is 2.01. The number of fused-ring (bicyclic) bond motifs is 1. The molecule has 0 radical (unpaired) electrons. The third-order valence-electron chi connectivity index (χ3n) is 5.91. The number of H-pyrrole nitrogens is 1. The minimum Gasteiger partial charge on any atom is -0.506 e. The van der Waals surface area contributed by atoms with Gasteiger partial charge < -0.3 is 25.4 Å². The smallest absolute Gasteiger partial charge is 0.345 e. The highest BCUT2D eigenvalue weighted by atomic mass is 35.5. The number of carboxylic acid groups (broad SMARTS) is 1. The molecule has 0 spiro atoms. The first kappa shape index (κ1) is 20.2. The van der Waals surface area contributed by atoms with E-state index in [1.807, 2.05) is 38.2 Å². The van der Waals surface area contributed by atoms with Crippen molar-refractivity contribution in [1.29, 1.82) is 0 Å². The number of halogens is 1. The Bertz CT molecular complexity index is 945. The lowest BCUT2D eigenvalue weighted by Gasteiger charge is -2.22. The molecular weight excluding hydrogens is 382 g/mol. The minimum atomic E-state index is -1.43. The number of carbonyl (C=O) groups is 1. The maximum Gasteiger partial charge on any atom is 0.345 e. The number of hydrogen-bond acceptors (Lipinski definition) is 5. The van der Waals surface area contributed by atoms with Crippen molar-refractivity contribution in [3.05, 3.63) is 45.7 Å². The standard InChI is InChI=1S/C20H23N3O4.ClH/c1-3-12-16(22-19(25)15(18(12)24)20(26)27)10-4-6-11(7-5-10)23-8-13-14(9-23)17(13)21-2;/h4-7,13-14,17,21H,3,8-9H2,1-2H3,(H,26,27)(H2,22,24,25);1H. The molecule has 0 bridgehead atoms. The molecule has 8 heteroatoms. The number of aromatic carboxylic acids is 1. The molecule has 1 aliphatic carbocycles. The molecule has 1 aromatic carbocycles. The number of piperidine rings is 1. The lowest BCUT2D eigenvalue weighted by molar-refractivity contribution is 0.0691. The molecule has 2 fully saturated rings. The van der Waals surface area contributed by atoms with Crippen molar-refractivity contribution >= 4 is 24.1 Å². The Morgan fingerprint density at radius 1 is 1.25 bits per heavy atom. The van der Waals surface area contributed by atoms with Crippen molar-refractivity contribution in [2.24, 2.45) is 11.8 Å². The average molecular weight is 406 g/mol. The second-order valence-electron chi connectivity index (χ2n) is 7.28. The fourth-order valence-corrected chi connectivity index (χ4v) is 4.42. The molecule has 4 rings (SSSR count). The maximum atomic E-state index is 12.1. The van der Waals surface area contributed by atoms with Crippen molar-refractivity contribution in [3.63, 3.8) is 0 Å². The summed E-state index contributed by atoms with van der Waals surface area (Å²) in [6.07, 6.45) is 0.404. The molecule has 4 N–H and O–H groups in total. The molecule has 2 atom stereocenters. The van der Waals surface area contributed by atoms with Gasteiger partial charge in [0.15, 0.2) is 5.56 Å². The molecular formula is C20H24ClN3O4. The Labute approximate surface area is 168 Å². The summed E-state index contributed by atoms with van der Waals surface area (Å²) < 4.78 is 0. The van der Waals surface area contributed by atoms with Gasteiger partial charge in [-0.1, -0.05) is 19.1 Å². The lowest BCUT2D eigenvalue weighted by atomic mass is 10.0. The summed E-state index contributed by atoms with van der Waals surface area (Å²) in [4.78, 5) is 28.3. The second-order valence-corrected chi connectivity index (χ2v) is 7.28. The van der Waals surface area contributed by atoms with E-state index in [0.717, 1.165) is 36.2 Å². The number of aromatic amines is 1. The van der Waals surface area contributed by atoms with Gasteiger partial charge in [-0.15, -0.1) is 12.4 Å². The van der Waals surface area contributed by atoms with Crippen LogP contribution in [0, 0.1) is 11.8 Å². The van der Waals surface area contributed by atoms with Gasteiger partial charge in [0, 0.05) is 30.4 Å². The summed E-state index contributed by atoms with van der Waals surface area (Å²) in [6, 6.07) is 8.47. The van der Waals surface area contributed by atoms with E-state index in [2.05, 4.69) is 15.2 Å². The second kappa shape index (κ2) is 7.48. The Hall–Kier alpha value is -2.51. The molecule has 1 aliphatic heterocycles. The van der Waals surface area contributed by atoms with Gasteiger partial charge in [-0.05, 0) is 43.0 Å². The van der Waals surface area contributed by atoms with Gasteiger partial charge in [0.25, 0.3) is 5.56 Å². The summed E-state index contributed by atoms with van der Waals surface area (Å²) >= 11 is 0. The normalized spacial score (nSPS) is 22.5. The van der Waals surface area contributed by atoms with Crippen LogP contribution in [0.15, 0.2) is 29.1 Å². The Balaban J connectivity index is 0.00000225. The van der Waals surface area contributed by atoms with Gasteiger partial charge >= 0.3 is 5.97 Å². The van der Waals surface area contributed by atoms with Gasteiger partial charge in [0.2, 0.25) is 0 Å². The molecule has 2 aliphatic rings. The topological polar surface area (TPSA) is 106 Å². The predicted octanol–water partition coefficient (Wildman–Crippen LogP) is 2.08. The van der Waals surface area contributed by atoms with E-state index < -0.39 is 22.8 Å². The molecule has 2 aromatic rings. The first-order valence-electron chi connectivity index (χ1n) is 9.20. The van der Waals surface area contributed by atoms with Crippen molar-refractivity contribution in [1.82, 2.24) is 10.3 Å². The fourth-order valence-electron chi connectivity index (χ4n) is 4.42. The van der Waals surface area contributed by atoms with E-state index in [-0.39, 0.29) is 12.4 Å². The number of hydrogen-bond donors (Lipinski definition) is 4. The zero-order chi connectivity index (χ0) is 19.3. The number of aromatic hydroxyl groups is 1. The number of nitrogens with one attached hydrogen (secondary N) is 2.